The van der Waals surface area contributed by atoms with Crippen molar-refractivity contribution in [2.45, 2.75) is 65.3 Å². The maximum atomic E-state index is 13.0. The molecule has 2 heterocycles. The number of nitrogens with zero attached hydrogens (tertiary/aromatic N) is 3. The van der Waals surface area contributed by atoms with Crippen LogP contribution in [-0.4, -0.2) is 32.7 Å². The molecule has 27 heavy (non-hydrogen) atoms. The smallest absolute Gasteiger partial charge is 0.375 e. The van der Waals surface area contributed by atoms with Crippen molar-refractivity contribution in [1.82, 2.24) is 14.5 Å². The number of anilines is 1. The number of fused-ring (bicyclic) bond motifs is 1. The molecule has 2 aromatic heterocycles. The fraction of sp³-hybridized carbons (Fsp3) is 0.611. The second-order valence-electron chi connectivity index (χ2n) is 8.24. The van der Waals surface area contributed by atoms with Gasteiger partial charge in [-0.3, -0.25) is 14.7 Å². The zero-order chi connectivity index (χ0) is 20.6. The molecule has 0 saturated heterocycles. The molecular formula is C18H25F3N4O2. The summed E-state index contributed by atoms with van der Waals surface area (Å²) in [5, 5.41) is 2.66. The summed E-state index contributed by atoms with van der Waals surface area (Å²) in [4.78, 5) is 20.2. The number of ether oxygens (including phenoxy) is 1. The van der Waals surface area contributed by atoms with Gasteiger partial charge in [0.1, 0.15) is 11.2 Å². The van der Waals surface area contributed by atoms with E-state index in [1.54, 1.807) is 20.8 Å². The van der Waals surface area contributed by atoms with Crippen LogP contribution >= 0.6 is 0 Å². The monoisotopic (exact) mass is 386 g/mol. The van der Waals surface area contributed by atoms with E-state index in [1.165, 1.54) is 10.6 Å². The number of carbonyl (C=O) groups excluding carboxylic acids is 1. The minimum atomic E-state index is -4.56. The summed E-state index contributed by atoms with van der Waals surface area (Å²) in [7, 11) is 0. The molecule has 0 bridgehead atoms. The van der Waals surface area contributed by atoms with Gasteiger partial charge in [-0.1, -0.05) is 0 Å². The van der Waals surface area contributed by atoms with Gasteiger partial charge >= 0.3 is 6.18 Å². The number of carbonyl (C=O) groups is 1. The van der Waals surface area contributed by atoms with Crippen molar-refractivity contribution in [2.24, 2.45) is 0 Å². The van der Waals surface area contributed by atoms with Crippen LogP contribution in [0.15, 0.2) is 12.1 Å². The van der Waals surface area contributed by atoms with E-state index in [0.29, 0.717) is 0 Å². The molecule has 9 heteroatoms. The van der Waals surface area contributed by atoms with Crippen LogP contribution in [0.2, 0.25) is 0 Å². The normalized spacial score (nSPS) is 13.2. The zero-order valence-corrected chi connectivity index (χ0v) is 16.4. The highest BCUT2D eigenvalue weighted by Gasteiger charge is 2.34. The number of aromatic nitrogens is 3. The predicted octanol–water partition coefficient (Wildman–Crippen LogP) is 4.35. The summed E-state index contributed by atoms with van der Waals surface area (Å²) in [5.41, 5.74) is -1.66. The second kappa shape index (κ2) is 7.10. The molecule has 0 aliphatic carbocycles. The molecule has 2 rings (SSSR count). The minimum Gasteiger partial charge on any atom is -0.375 e. The lowest BCUT2D eigenvalue weighted by Crippen LogP contribution is -2.27. The van der Waals surface area contributed by atoms with Gasteiger partial charge in [-0.05, 0) is 53.7 Å². The molecule has 0 atom stereocenters. The Kier molecular flexibility index (Phi) is 5.56. The Balaban J connectivity index is 2.34. The second-order valence-corrected chi connectivity index (χ2v) is 8.24. The fourth-order valence-corrected chi connectivity index (χ4v) is 2.47. The van der Waals surface area contributed by atoms with Crippen LogP contribution in [-0.2, 0) is 21.2 Å². The van der Waals surface area contributed by atoms with Gasteiger partial charge in [0.05, 0.1) is 18.6 Å². The third kappa shape index (κ3) is 5.41. The van der Waals surface area contributed by atoms with Gasteiger partial charge in [0.15, 0.2) is 5.65 Å². The molecule has 1 amide bonds. The van der Waals surface area contributed by atoms with Crippen molar-refractivity contribution >= 4 is 23.0 Å². The van der Waals surface area contributed by atoms with Crippen molar-refractivity contribution in [3.63, 3.8) is 0 Å². The van der Waals surface area contributed by atoms with Crippen molar-refractivity contribution in [3.05, 3.63) is 17.8 Å². The van der Waals surface area contributed by atoms with Crippen molar-refractivity contribution in [1.29, 1.82) is 0 Å². The standard InChI is InChI=1S/C18H25F3N4O2/c1-16(2,3)25-14-11(7-8-12(23-14)18(19,20)21)22-15(25)24-13(26)9-10-27-17(4,5)6/h7-8H,9-10H2,1-6H3,(H,22,24,26). The first-order valence-corrected chi connectivity index (χ1v) is 8.59. The first-order valence-electron chi connectivity index (χ1n) is 8.59. The molecular weight excluding hydrogens is 361 g/mol. The quantitative estimate of drug-likeness (QED) is 0.848. The van der Waals surface area contributed by atoms with Gasteiger partial charge in [-0.25, -0.2) is 9.97 Å². The summed E-state index contributed by atoms with van der Waals surface area (Å²) in [6, 6.07) is 2.14. The van der Waals surface area contributed by atoms with Crippen LogP contribution < -0.4 is 5.32 Å². The molecule has 150 valence electrons. The molecule has 0 unspecified atom stereocenters. The molecule has 0 saturated carbocycles. The van der Waals surface area contributed by atoms with E-state index < -0.39 is 17.4 Å². The number of halogens is 3. The average molecular weight is 386 g/mol. The largest absolute Gasteiger partial charge is 0.433 e. The number of hydrogen-bond donors (Lipinski definition) is 1. The molecule has 0 aliphatic heterocycles. The lowest BCUT2D eigenvalue weighted by molar-refractivity contribution is -0.141. The number of amides is 1. The van der Waals surface area contributed by atoms with E-state index in [9.17, 15) is 18.0 Å². The summed E-state index contributed by atoms with van der Waals surface area (Å²) >= 11 is 0. The van der Waals surface area contributed by atoms with E-state index in [4.69, 9.17) is 4.74 Å². The fourth-order valence-electron chi connectivity index (χ4n) is 2.47. The molecule has 0 spiro atoms. The number of imidazole rings is 1. The van der Waals surface area contributed by atoms with Crippen molar-refractivity contribution < 1.29 is 22.7 Å². The maximum Gasteiger partial charge on any atom is 0.433 e. The summed E-state index contributed by atoms with van der Waals surface area (Å²) in [6.45, 7) is 11.3. The highest BCUT2D eigenvalue weighted by atomic mass is 19.4. The summed E-state index contributed by atoms with van der Waals surface area (Å²) in [5.74, 6) is -0.179. The van der Waals surface area contributed by atoms with Gasteiger partial charge < -0.3 is 4.74 Å². The van der Waals surface area contributed by atoms with Gasteiger partial charge in [0.2, 0.25) is 11.9 Å². The average Bonchev–Trinajstić information content (AvgIpc) is 2.81. The molecule has 1 N–H and O–H groups in total. The van der Waals surface area contributed by atoms with Gasteiger partial charge in [-0.2, -0.15) is 13.2 Å². The van der Waals surface area contributed by atoms with Crippen LogP contribution in [0.25, 0.3) is 11.2 Å². The third-order valence-electron chi connectivity index (χ3n) is 3.58. The Morgan fingerprint density at radius 1 is 1.11 bits per heavy atom. The van der Waals surface area contributed by atoms with Gasteiger partial charge in [0.25, 0.3) is 0 Å². The predicted molar refractivity (Wildman–Crippen MR) is 96.5 cm³/mol. The first-order chi connectivity index (χ1) is 12.2. The van der Waals surface area contributed by atoms with E-state index in [-0.39, 0.29) is 41.6 Å². The summed E-state index contributed by atoms with van der Waals surface area (Å²) < 4.78 is 46.1. The molecule has 0 aromatic carbocycles. The molecule has 0 radical (unpaired) electrons. The Bertz CT molecular complexity index is 830. The topological polar surface area (TPSA) is 69.0 Å². The number of rotatable bonds is 4. The van der Waals surface area contributed by atoms with E-state index >= 15 is 0 Å². The maximum absolute atomic E-state index is 13.0. The lowest BCUT2D eigenvalue weighted by atomic mass is 10.1. The van der Waals surface area contributed by atoms with E-state index in [0.717, 1.165) is 6.07 Å². The van der Waals surface area contributed by atoms with Crippen LogP contribution in [0, 0.1) is 0 Å². The third-order valence-corrected chi connectivity index (χ3v) is 3.58. The Labute approximate surface area is 156 Å². The molecule has 0 aliphatic rings. The Morgan fingerprint density at radius 2 is 1.74 bits per heavy atom. The number of nitrogens with one attached hydrogen (secondary N) is 1. The van der Waals surface area contributed by atoms with Crippen molar-refractivity contribution in [3.8, 4) is 0 Å². The molecule has 0 fully saturated rings. The van der Waals surface area contributed by atoms with Crippen LogP contribution in [0.1, 0.15) is 53.7 Å². The number of pyridine rings is 1. The highest BCUT2D eigenvalue weighted by Crippen LogP contribution is 2.32. The van der Waals surface area contributed by atoms with Crippen LogP contribution in [0.3, 0.4) is 0 Å². The SMILES string of the molecule is CC(C)(C)OCCC(=O)Nc1nc2ccc(C(F)(F)F)nc2n1C(C)(C)C. The van der Waals surface area contributed by atoms with Gasteiger partial charge in [-0.15, -0.1) is 0 Å². The first kappa shape index (κ1) is 21.1. The minimum absolute atomic E-state index is 0.0681. The summed E-state index contributed by atoms with van der Waals surface area (Å²) in [6.07, 6.45) is -4.46. The number of alkyl halides is 3. The van der Waals surface area contributed by atoms with Crippen LogP contribution in [0.5, 0.6) is 0 Å². The molecule has 6 nitrogen and oxygen atoms in total. The zero-order valence-electron chi connectivity index (χ0n) is 16.4. The van der Waals surface area contributed by atoms with E-state index in [2.05, 4.69) is 15.3 Å². The van der Waals surface area contributed by atoms with E-state index in [1.807, 2.05) is 20.8 Å². The lowest BCUT2D eigenvalue weighted by Gasteiger charge is -2.24. The number of hydrogen-bond acceptors (Lipinski definition) is 4. The van der Waals surface area contributed by atoms with Crippen molar-refractivity contribution in [2.75, 3.05) is 11.9 Å². The Hall–Kier alpha value is -2.16. The van der Waals surface area contributed by atoms with Gasteiger partial charge in [0, 0.05) is 5.54 Å². The highest BCUT2D eigenvalue weighted by molar-refractivity contribution is 5.91. The van der Waals surface area contributed by atoms with Crippen LogP contribution in [0.4, 0.5) is 19.1 Å². The Morgan fingerprint density at radius 3 is 2.26 bits per heavy atom. The molecule has 2 aromatic rings.